The molecule has 4 aromatic carbocycles. The second-order valence-corrected chi connectivity index (χ2v) is 11.7. The van der Waals surface area contributed by atoms with Gasteiger partial charge in [-0.05, 0) is 52.8 Å². The number of benzene rings is 4. The lowest BCUT2D eigenvalue weighted by Crippen LogP contribution is -2.31. The van der Waals surface area contributed by atoms with Gasteiger partial charge in [-0.2, -0.15) is 0 Å². The molecule has 0 atom stereocenters. The topological polar surface area (TPSA) is 17.0 Å². The van der Waals surface area contributed by atoms with Crippen LogP contribution in [0.2, 0.25) is 0 Å². The monoisotopic (exact) mass is 528 g/mol. The second kappa shape index (κ2) is 9.75. The average molecular weight is 529 g/mol. The van der Waals surface area contributed by atoms with Gasteiger partial charge in [-0.3, -0.25) is 0 Å². The highest BCUT2D eigenvalue weighted by Gasteiger charge is 2.25. The van der Waals surface area contributed by atoms with Crippen molar-refractivity contribution in [1.29, 1.82) is 0 Å². The molecule has 0 fully saturated rings. The Morgan fingerprint density at radius 2 is 1.38 bits per heavy atom. The third-order valence-corrected chi connectivity index (χ3v) is 8.45. The number of halogens is 1. The van der Waals surface area contributed by atoms with Crippen LogP contribution in [0.4, 0.5) is 4.39 Å². The average Bonchev–Trinajstić information content (AvgIpc) is 3.32. The number of pyridine rings is 1. The van der Waals surface area contributed by atoms with Crippen LogP contribution in [-0.2, 0) is 12.5 Å². The van der Waals surface area contributed by atoms with Crippen molar-refractivity contribution in [3.63, 3.8) is 0 Å². The molecule has 0 amide bonds. The molecule has 0 saturated carbocycles. The molecule has 0 saturated heterocycles. The summed E-state index contributed by atoms with van der Waals surface area (Å²) in [5.74, 6) is 0.123. The first-order valence-electron chi connectivity index (χ1n) is 14.0. The lowest BCUT2D eigenvalue weighted by atomic mass is 9.78. The Labute approximate surface area is 235 Å². The van der Waals surface area contributed by atoms with Crippen molar-refractivity contribution in [3.8, 4) is 22.4 Å². The summed E-state index contributed by atoms with van der Waals surface area (Å²) in [6.07, 6.45) is 2.11. The summed E-state index contributed by atoms with van der Waals surface area (Å²) in [4.78, 5) is 0. The van der Waals surface area contributed by atoms with E-state index in [4.69, 9.17) is 4.42 Å². The van der Waals surface area contributed by atoms with E-state index in [1.54, 1.807) is 6.07 Å². The van der Waals surface area contributed by atoms with Crippen LogP contribution >= 0.6 is 0 Å². The summed E-state index contributed by atoms with van der Waals surface area (Å²) in [6.45, 7) is 11.0. The Morgan fingerprint density at radius 3 is 2.05 bits per heavy atom. The van der Waals surface area contributed by atoms with Gasteiger partial charge in [0.15, 0.2) is 6.20 Å². The summed E-state index contributed by atoms with van der Waals surface area (Å²) in [5.41, 5.74) is 9.45. The van der Waals surface area contributed by atoms with E-state index in [-0.39, 0.29) is 11.2 Å². The minimum atomic E-state index is -0.285. The largest absolute Gasteiger partial charge is 0.454 e. The summed E-state index contributed by atoms with van der Waals surface area (Å²) in [5, 5.41) is 1.91. The summed E-state index contributed by atoms with van der Waals surface area (Å²) in [6, 6.07) is 30.8. The third kappa shape index (κ3) is 4.21. The van der Waals surface area contributed by atoms with E-state index < -0.39 is 0 Å². The third-order valence-electron chi connectivity index (χ3n) is 8.45. The van der Waals surface area contributed by atoms with Crippen LogP contribution in [0.15, 0.2) is 102 Å². The smallest absolute Gasteiger partial charge is 0.216 e. The molecule has 2 nitrogen and oxygen atoms in total. The predicted octanol–water partition coefficient (Wildman–Crippen LogP) is 9.64. The van der Waals surface area contributed by atoms with E-state index in [0.717, 1.165) is 38.7 Å². The lowest BCUT2D eigenvalue weighted by Gasteiger charge is -2.26. The summed E-state index contributed by atoms with van der Waals surface area (Å²) >= 11 is 0. The van der Waals surface area contributed by atoms with Crippen LogP contribution in [0.3, 0.4) is 0 Å². The van der Waals surface area contributed by atoms with Gasteiger partial charge in [0.2, 0.25) is 5.69 Å². The van der Waals surface area contributed by atoms with Gasteiger partial charge in [0.05, 0.1) is 11.1 Å². The molecule has 0 spiro atoms. The van der Waals surface area contributed by atoms with Gasteiger partial charge < -0.3 is 4.42 Å². The molecule has 2 aromatic heterocycles. The van der Waals surface area contributed by atoms with Crippen molar-refractivity contribution in [2.45, 2.75) is 46.0 Å². The minimum absolute atomic E-state index is 0.170. The van der Waals surface area contributed by atoms with Gasteiger partial charge in [0.1, 0.15) is 24.0 Å². The Morgan fingerprint density at radius 1 is 0.750 bits per heavy atom. The van der Waals surface area contributed by atoms with E-state index >= 15 is 4.39 Å². The van der Waals surface area contributed by atoms with Crippen molar-refractivity contribution >= 4 is 21.9 Å². The number of nitrogens with zero attached hydrogens (tertiary/aromatic N) is 1. The quantitative estimate of drug-likeness (QED) is 0.204. The van der Waals surface area contributed by atoms with Gasteiger partial charge in [0.25, 0.3) is 0 Å². The van der Waals surface area contributed by atoms with Crippen LogP contribution in [0, 0.1) is 12.7 Å². The predicted molar refractivity (Wildman–Crippen MR) is 163 cm³/mol. The molecule has 6 aromatic rings. The van der Waals surface area contributed by atoms with E-state index in [0.29, 0.717) is 17.1 Å². The Balaban J connectivity index is 1.53. The van der Waals surface area contributed by atoms with Crippen molar-refractivity contribution in [1.82, 2.24) is 0 Å². The number of furan rings is 1. The molecule has 0 aliphatic rings. The van der Waals surface area contributed by atoms with Crippen molar-refractivity contribution in [2.24, 2.45) is 7.05 Å². The van der Waals surface area contributed by atoms with Crippen molar-refractivity contribution in [2.75, 3.05) is 0 Å². The molecule has 6 rings (SSSR count). The normalized spacial score (nSPS) is 12.1. The molecule has 40 heavy (non-hydrogen) atoms. The SMILES string of the molecule is Cc1ccc2c(oc3c(-c4ccc(C(C)(C)c5ccccc5)cc4)c(F)ccc32)c1-c1cc(C(C)C)cc[n+]1C. The zero-order chi connectivity index (χ0) is 28.2. The van der Waals surface area contributed by atoms with Gasteiger partial charge in [-0.15, -0.1) is 0 Å². The number of hydrogen-bond donors (Lipinski definition) is 0. The Kier molecular flexibility index (Phi) is 6.34. The highest BCUT2D eigenvalue weighted by atomic mass is 19.1. The first-order valence-corrected chi connectivity index (χ1v) is 14.0. The fourth-order valence-electron chi connectivity index (χ4n) is 5.83. The molecule has 0 bridgehead atoms. The summed E-state index contributed by atoms with van der Waals surface area (Å²) in [7, 11) is 2.06. The summed E-state index contributed by atoms with van der Waals surface area (Å²) < 4.78 is 24.4. The fraction of sp³-hybridized carbons (Fsp3) is 0.216. The fourth-order valence-corrected chi connectivity index (χ4v) is 5.83. The highest BCUT2D eigenvalue weighted by Crippen LogP contribution is 2.42. The van der Waals surface area contributed by atoms with Gasteiger partial charge >= 0.3 is 0 Å². The Bertz CT molecular complexity index is 1860. The molecular weight excluding hydrogens is 493 g/mol. The van der Waals surface area contributed by atoms with E-state index in [1.165, 1.54) is 16.7 Å². The molecular formula is C37H35FNO+. The van der Waals surface area contributed by atoms with Gasteiger partial charge in [-0.25, -0.2) is 8.96 Å². The van der Waals surface area contributed by atoms with E-state index in [1.807, 2.05) is 24.3 Å². The molecule has 3 heteroatoms. The molecule has 0 unspecified atom stereocenters. The van der Waals surface area contributed by atoms with E-state index in [9.17, 15) is 0 Å². The second-order valence-electron chi connectivity index (χ2n) is 11.7. The maximum atomic E-state index is 15.6. The highest BCUT2D eigenvalue weighted by molar-refractivity contribution is 6.13. The number of hydrogen-bond acceptors (Lipinski definition) is 1. The zero-order valence-electron chi connectivity index (χ0n) is 24.0. The standard InChI is InChI=1S/C37H35FNO/c1-23(2)26-20-21-39(6)32(22-26)33-24(3)12-17-29-30-18-19-31(38)34(36(30)40-35(29)33)25-13-15-28(16-14-25)37(4,5)27-10-8-7-9-11-27/h7-23H,1-6H3/q+1. The first-order chi connectivity index (χ1) is 19.2. The van der Waals surface area contributed by atoms with Gasteiger partial charge in [0, 0.05) is 28.3 Å². The van der Waals surface area contributed by atoms with Crippen LogP contribution in [0.5, 0.6) is 0 Å². The maximum absolute atomic E-state index is 15.6. The maximum Gasteiger partial charge on any atom is 0.216 e. The number of fused-ring (bicyclic) bond motifs is 3. The van der Waals surface area contributed by atoms with Crippen LogP contribution < -0.4 is 4.57 Å². The minimum Gasteiger partial charge on any atom is -0.454 e. The number of aromatic nitrogens is 1. The van der Waals surface area contributed by atoms with Crippen LogP contribution in [-0.4, -0.2) is 0 Å². The van der Waals surface area contributed by atoms with Gasteiger partial charge in [-0.1, -0.05) is 94.4 Å². The zero-order valence-corrected chi connectivity index (χ0v) is 24.0. The van der Waals surface area contributed by atoms with Crippen LogP contribution in [0.1, 0.15) is 55.9 Å². The number of aryl methyl sites for hydroxylation is 2. The molecule has 0 aliphatic heterocycles. The molecule has 0 aliphatic carbocycles. The molecule has 200 valence electrons. The van der Waals surface area contributed by atoms with Crippen molar-refractivity contribution < 1.29 is 13.4 Å². The lowest BCUT2D eigenvalue weighted by molar-refractivity contribution is -0.660. The molecule has 0 N–H and O–H groups in total. The molecule has 2 heterocycles. The van der Waals surface area contributed by atoms with E-state index in [2.05, 4.69) is 113 Å². The number of rotatable bonds is 5. The molecule has 0 radical (unpaired) electrons. The van der Waals surface area contributed by atoms with Crippen molar-refractivity contribution in [3.05, 3.63) is 125 Å². The Hall–Kier alpha value is -4.24. The van der Waals surface area contributed by atoms with Crippen LogP contribution in [0.25, 0.3) is 44.3 Å². The first kappa shape index (κ1) is 26.0.